The highest BCUT2D eigenvalue weighted by atomic mass is 32.2. The smallest absolute Gasteiger partial charge is 0.333 e. The molecule has 0 rings (SSSR count). The first-order chi connectivity index (χ1) is 58.9. The van der Waals surface area contributed by atoms with Crippen LogP contribution < -0.4 is 68.0 Å². The van der Waals surface area contributed by atoms with E-state index in [1.807, 2.05) is 0 Å². The highest BCUT2D eigenvalue weighted by Gasteiger charge is 2.23. The van der Waals surface area contributed by atoms with Crippen LogP contribution in [0.25, 0.3) is 0 Å². The lowest BCUT2D eigenvalue weighted by atomic mass is 10.1. The Bertz CT molecular complexity index is 3560. The number of thioether (sulfide) groups is 3. The lowest BCUT2D eigenvalue weighted by molar-refractivity contribution is -0.146. The molecule has 0 aromatic carbocycles. The SMILES string of the molecule is C.C=C(C)C(=O)CCC(N)C(=O)O.C=C(C)C(=O)NCC(N)C(=O)O.C=C(C)C(=O)NCCC(N)C(=O)O.C=C(C)C(=O)OCC(N)C(=O)O.C=C(C)C(=O)OCCC(N)C(=O)O.C=C(C)C(=O)OCCCC(N)C(=O)O.C=C(C)C(=O)SCC(N)C(=O)O.C=C(C)C(=O)SCCC(N)C(=O)O.C=C(C)C(=O)SCCCC(N)C(=O)O.CC(=O)C(=O)C(=O)CCC(N)C(=O)O. The van der Waals surface area contributed by atoms with Gasteiger partial charge in [-0.2, -0.15) is 0 Å². The molecule has 0 saturated heterocycles. The molecule has 0 saturated carbocycles. The van der Waals surface area contributed by atoms with Gasteiger partial charge in [-0.1, -0.05) is 102 Å². The van der Waals surface area contributed by atoms with Crippen LogP contribution in [-0.4, -0.2) is 290 Å². The molecule has 0 radical (unpaired) electrons. The number of ether oxygens (including phenoxy) is 3. The maximum Gasteiger partial charge on any atom is 0.333 e. The summed E-state index contributed by atoms with van der Waals surface area (Å²) in [6, 6.07) is -9.87. The van der Waals surface area contributed by atoms with Gasteiger partial charge in [-0.15, -0.1) is 0 Å². The van der Waals surface area contributed by atoms with Gasteiger partial charge in [0, 0.05) is 84.4 Å². The van der Waals surface area contributed by atoms with Crippen molar-refractivity contribution >= 4 is 163 Å². The predicted molar refractivity (Wildman–Crippen MR) is 484 cm³/mol. The topological polar surface area (TPSA) is 890 Å². The van der Waals surface area contributed by atoms with Gasteiger partial charge in [0.1, 0.15) is 67.0 Å². The van der Waals surface area contributed by atoms with E-state index in [9.17, 15) is 105 Å². The van der Waals surface area contributed by atoms with E-state index < -0.39 is 155 Å². The van der Waals surface area contributed by atoms with E-state index in [1.165, 1.54) is 20.8 Å². The Morgan fingerprint density at radius 3 is 0.915 bits per heavy atom. The van der Waals surface area contributed by atoms with E-state index in [2.05, 4.69) is 79.3 Å². The van der Waals surface area contributed by atoms with Crippen LogP contribution in [0.4, 0.5) is 0 Å². The summed E-state index contributed by atoms with van der Waals surface area (Å²) in [5.41, 5.74) is 55.1. The van der Waals surface area contributed by atoms with Crippen molar-refractivity contribution in [1.29, 1.82) is 0 Å². The van der Waals surface area contributed by atoms with Crippen molar-refractivity contribution in [3.8, 4) is 0 Å². The van der Waals surface area contributed by atoms with Crippen molar-refractivity contribution in [1.82, 2.24) is 10.6 Å². The van der Waals surface area contributed by atoms with Crippen molar-refractivity contribution < 1.29 is 171 Å². The molecular weight excluding hydrogens is 1790 g/mol. The third-order valence-electron chi connectivity index (χ3n) is 13.6. The molecule has 740 valence electrons. The second-order valence-electron chi connectivity index (χ2n) is 26.6. The number of allylic oxidation sites excluding steroid dienone is 1. The first-order valence-electron chi connectivity index (χ1n) is 37.3. The zero-order valence-electron chi connectivity index (χ0n) is 73.7. The second-order valence-corrected chi connectivity index (χ2v) is 29.8. The third kappa shape index (κ3) is 92.2. The summed E-state index contributed by atoms with van der Waals surface area (Å²) in [5, 5.41) is 88.2. The largest absolute Gasteiger partial charge is 0.480 e. The molecule has 0 aliphatic heterocycles. The summed E-state index contributed by atoms with van der Waals surface area (Å²) in [6.07, 6.45) is 2.22. The fourth-order valence-electron chi connectivity index (χ4n) is 5.60. The van der Waals surface area contributed by atoms with Gasteiger partial charge in [0.25, 0.3) is 5.78 Å². The van der Waals surface area contributed by atoms with Crippen molar-refractivity contribution in [2.45, 2.75) is 208 Å². The number of hydrogen-bond acceptors (Lipinski definition) is 38. The maximum atomic E-state index is 11.0. The Hall–Kier alpha value is -12.0. The predicted octanol–water partition coefficient (Wildman–Crippen LogP) is 0.0328. The van der Waals surface area contributed by atoms with Gasteiger partial charge in [0.15, 0.2) is 5.78 Å². The number of nitrogens with one attached hydrogen (secondary N) is 2. The number of carbonyl (C=O) groups is 22. The van der Waals surface area contributed by atoms with Gasteiger partial charge in [-0.3, -0.25) is 91.1 Å². The average molecular weight is 1920 g/mol. The van der Waals surface area contributed by atoms with Crippen LogP contribution in [0, 0.1) is 0 Å². The van der Waals surface area contributed by atoms with E-state index in [1.54, 1.807) is 41.5 Å². The zero-order chi connectivity index (χ0) is 104. The molecule has 50 heteroatoms. The average Bonchev–Trinajstić information content (AvgIpc) is 0.917. The first-order valence-corrected chi connectivity index (χ1v) is 40.3. The third-order valence-corrected chi connectivity index (χ3v) is 16.9. The second kappa shape index (κ2) is 82.7. The van der Waals surface area contributed by atoms with Crippen LogP contribution in [0.2, 0.25) is 0 Å². The number of carboxylic acids is 10. The number of carbonyl (C=O) groups excluding carboxylic acids is 12. The number of nitrogens with two attached hydrogens (primary N) is 10. The Morgan fingerprint density at radius 1 is 0.292 bits per heavy atom. The molecule has 0 aromatic rings. The number of rotatable bonds is 50. The number of ketones is 4. The summed E-state index contributed by atoms with van der Waals surface area (Å²) >= 11 is 3.08. The van der Waals surface area contributed by atoms with Crippen molar-refractivity contribution in [2.24, 2.45) is 57.3 Å². The highest BCUT2D eigenvalue weighted by molar-refractivity contribution is 8.14. The van der Waals surface area contributed by atoms with E-state index in [0.717, 1.165) is 42.2 Å². The van der Waals surface area contributed by atoms with E-state index >= 15 is 0 Å². The molecule has 0 heterocycles. The molecule has 130 heavy (non-hydrogen) atoms. The van der Waals surface area contributed by atoms with Crippen LogP contribution in [0.1, 0.15) is 147 Å². The lowest BCUT2D eigenvalue weighted by Gasteiger charge is -2.07. The summed E-state index contributed by atoms with van der Waals surface area (Å²) in [4.78, 5) is 232. The molecule has 0 fully saturated rings. The summed E-state index contributed by atoms with van der Waals surface area (Å²) in [7, 11) is 0. The molecule has 2 amide bonds. The Kier molecular flexibility index (Phi) is 89.8. The Morgan fingerprint density at radius 2 is 0.585 bits per heavy atom. The first kappa shape index (κ1) is 141. The minimum absolute atomic E-state index is 0. The molecule has 0 aromatic heterocycles. The van der Waals surface area contributed by atoms with Gasteiger partial charge in [-0.05, 0) is 136 Å². The minimum atomic E-state index is -1.24. The van der Waals surface area contributed by atoms with Crippen molar-refractivity contribution in [3.63, 3.8) is 0 Å². The highest BCUT2D eigenvalue weighted by Crippen LogP contribution is 2.14. The number of esters is 3. The van der Waals surface area contributed by atoms with Gasteiger partial charge in [-0.25, -0.2) is 14.4 Å². The van der Waals surface area contributed by atoms with Crippen LogP contribution >= 0.6 is 35.3 Å². The molecule has 0 spiro atoms. The molecule has 10 unspecified atom stereocenters. The summed E-state index contributed by atoms with van der Waals surface area (Å²) < 4.78 is 13.9. The van der Waals surface area contributed by atoms with E-state index in [4.69, 9.17) is 113 Å². The van der Waals surface area contributed by atoms with Crippen LogP contribution in [0.5, 0.6) is 0 Å². The number of carboxylic acid groups (broad SMARTS) is 10. The lowest BCUT2D eigenvalue weighted by Crippen LogP contribution is -2.42. The van der Waals surface area contributed by atoms with Crippen molar-refractivity contribution in [3.05, 3.63) is 109 Å². The molecule has 47 nitrogen and oxygen atoms in total. The van der Waals surface area contributed by atoms with Gasteiger partial charge in [0.2, 0.25) is 38.7 Å². The van der Waals surface area contributed by atoms with Crippen LogP contribution in [0.3, 0.4) is 0 Å². The zero-order valence-corrected chi connectivity index (χ0v) is 76.2. The quantitative estimate of drug-likeness (QED) is 0.00954. The summed E-state index contributed by atoms with van der Waals surface area (Å²) in [5.74, 6) is -15.2. The molecule has 0 bridgehead atoms. The van der Waals surface area contributed by atoms with Crippen LogP contribution in [-0.2, 0) is 120 Å². The number of Topliss-reactive ketones (excluding diaryl/α,β-unsaturated/α-hetero) is 4. The summed E-state index contributed by atoms with van der Waals surface area (Å²) in [6.45, 7) is 45.8. The monoisotopic (exact) mass is 1920 g/mol. The molecule has 0 aliphatic carbocycles. The molecule has 32 N–H and O–H groups in total. The van der Waals surface area contributed by atoms with Crippen LogP contribution in [0.15, 0.2) is 109 Å². The maximum absolute atomic E-state index is 11.0. The fraction of sp³-hybridized carbons (Fsp3) is 0.500. The van der Waals surface area contributed by atoms with E-state index in [-0.39, 0.29) is 129 Å². The van der Waals surface area contributed by atoms with Gasteiger partial charge < -0.3 is 133 Å². The van der Waals surface area contributed by atoms with Gasteiger partial charge in [0.05, 0.1) is 13.2 Å². The standard InChI is InChI=1S/C9H15NO4.C9H15NO3S.C8H14N2O3.C8H11NO5.C8H13NO4.C8H13NO3S.C8H13NO3.C7H12N2O3.C7H11NO4.C7H11NO3S.CH4/c2*1-6(2)9(13)14-5-3-4-7(10)8(11)12;1-5(2)7(11)10-4-3-6(9)8(12)13;1-4(10)7(12)6(11)3-2-5(9)8(13)14;2*1-5(2)8(12)13-4-3-6(9)7(10)11;1-5(2)7(10)4-3-6(9)8(11)12;1-4(2)6(10)9-3-5(8)7(11)12;2*1-4(2)7(11)12-3-5(8)6(9)10;/h2*7H,1,3-5,10H2,2H3,(H,11,12);6H,1,3-4,9H2,2H3,(H,10,11)(H,12,13);5H,2-3,9H2,1H3,(H,13,14);2*6H,1,3-4,9H2,2H3,(H,10,11);6H,1,3-4,9H2,2H3,(H,11,12);5H,1,3,8H2,2H3,(H,9,10)(H,11,12);2*5H,1,3,8H2,2H3,(H,9,10);1H4. The molecule has 10 atom stereocenters. The van der Waals surface area contributed by atoms with E-state index in [0.29, 0.717) is 82.6 Å². The minimum Gasteiger partial charge on any atom is -0.480 e. The normalized spacial score (nSPS) is 11.9. The number of aliphatic carboxylic acids is 10. The fourth-order valence-corrected chi connectivity index (χ4v) is 7.87. The Labute approximate surface area is 765 Å². The van der Waals surface area contributed by atoms with Gasteiger partial charge >= 0.3 is 77.6 Å². The number of amides is 2. The molecular formula is C80H132N12O35S3. The number of hydrogen-bond donors (Lipinski definition) is 22. The van der Waals surface area contributed by atoms with Crippen molar-refractivity contribution in [2.75, 3.05) is 50.2 Å². The molecule has 0 aliphatic rings. The Balaban J connectivity index is -0.000000134.